The average Bonchev–Trinajstić information content (AvgIpc) is 2.98. The fourth-order valence-corrected chi connectivity index (χ4v) is 4.08. The van der Waals surface area contributed by atoms with Crippen LogP contribution in [0.15, 0.2) is 11.8 Å². The van der Waals surface area contributed by atoms with E-state index in [1.807, 2.05) is 66.4 Å². The largest absolute Gasteiger partial charge is 0.400 e. The Bertz CT molecular complexity index is 566. The summed E-state index contributed by atoms with van der Waals surface area (Å²) in [6.07, 6.45) is -7.15. The summed E-state index contributed by atoms with van der Waals surface area (Å²) < 4.78 is 22.5. The summed E-state index contributed by atoms with van der Waals surface area (Å²) in [4.78, 5) is 1.97. The Morgan fingerprint density at radius 3 is 1.62 bits per heavy atom. The smallest absolute Gasteiger partial charge is 0.186 e. The van der Waals surface area contributed by atoms with Crippen LogP contribution in [0.1, 0.15) is 61.8 Å². The zero-order valence-corrected chi connectivity index (χ0v) is 25.3. The van der Waals surface area contributed by atoms with E-state index in [1.165, 1.54) is 0 Å². The van der Waals surface area contributed by atoms with Crippen LogP contribution in [0, 0.1) is 5.92 Å². The summed E-state index contributed by atoms with van der Waals surface area (Å²) in [5, 5.41) is 66.7. The van der Waals surface area contributed by atoms with Gasteiger partial charge < -0.3 is 59.6 Å². The van der Waals surface area contributed by atoms with E-state index in [0.29, 0.717) is 19.5 Å². The topological polar surface area (TPSA) is 182 Å². The summed E-state index contributed by atoms with van der Waals surface area (Å²) in [6.45, 7) is 16.3. The molecule has 0 saturated carbocycles. The van der Waals surface area contributed by atoms with Gasteiger partial charge in [-0.25, -0.2) is 0 Å². The molecule has 10 atom stereocenters. The molecule has 2 aliphatic rings. The van der Waals surface area contributed by atoms with Crippen LogP contribution < -0.4 is 0 Å². The van der Waals surface area contributed by atoms with Gasteiger partial charge in [0.15, 0.2) is 12.6 Å². The third-order valence-corrected chi connectivity index (χ3v) is 6.52. The Morgan fingerprint density at radius 1 is 0.769 bits per heavy atom. The van der Waals surface area contributed by atoms with Crippen LogP contribution in [0.25, 0.3) is 0 Å². The fourth-order valence-electron chi connectivity index (χ4n) is 4.08. The van der Waals surface area contributed by atoms with Gasteiger partial charge in [0.25, 0.3) is 0 Å². The van der Waals surface area contributed by atoms with Crippen molar-refractivity contribution in [1.82, 2.24) is 4.90 Å². The van der Waals surface area contributed by atoms with Crippen molar-refractivity contribution >= 4 is 0 Å². The monoisotopic (exact) mass is 571 g/mol. The molecule has 0 spiro atoms. The number of aliphatic hydroxyl groups excluding tert-OH is 7. The second kappa shape index (κ2) is 22.8. The van der Waals surface area contributed by atoms with Crippen molar-refractivity contribution in [2.75, 3.05) is 40.0 Å². The highest BCUT2D eigenvalue weighted by Crippen LogP contribution is 2.28. The summed E-state index contributed by atoms with van der Waals surface area (Å²) in [6, 6.07) is 0. The van der Waals surface area contributed by atoms with Crippen LogP contribution in [-0.4, -0.2) is 136 Å². The van der Waals surface area contributed by atoms with Crippen LogP contribution >= 0.6 is 0 Å². The molecule has 2 aliphatic heterocycles. The minimum Gasteiger partial charge on any atom is -0.400 e. The van der Waals surface area contributed by atoms with E-state index in [2.05, 4.69) is 0 Å². The maximum atomic E-state index is 10.3. The minimum atomic E-state index is -1.49. The number of hydrogen-bond donors (Lipinski definition) is 7. The Morgan fingerprint density at radius 2 is 1.21 bits per heavy atom. The molecule has 0 aliphatic carbocycles. The van der Waals surface area contributed by atoms with Crippen LogP contribution in [-0.2, 0) is 18.9 Å². The fraction of sp³-hybridized carbons (Fsp3) is 0.926. The zero-order chi connectivity index (χ0) is 30.7. The molecule has 0 aromatic rings. The summed E-state index contributed by atoms with van der Waals surface area (Å²) in [7, 11) is 1.00. The third kappa shape index (κ3) is 12.2. The lowest BCUT2D eigenvalue weighted by Crippen LogP contribution is -2.59. The second-order valence-corrected chi connectivity index (χ2v) is 8.65. The summed E-state index contributed by atoms with van der Waals surface area (Å²) in [5.74, 6) is -0.189. The number of aliphatic hydroxyl groups is 7. The normalized spacial score (nSPS) is 34.4. The molecule has 2 rings (SSSR count). The van der Waals surface area contributed by atoms with E-state index >= 15 is 0 Å². The number of nitrogens with zero attached hydrogens (tertiary/aromatic N) is 1. The molecule has 0 amide bonds. The van der Waals surface area contributed by atoms with Crippen molar-refractivity contribution in [3.05, 3.63) is 11.8 Å². The highest BCUT2D eigenvalue weighted by atomic mass is 16.7. The van der Waals surface area contributed by atoms with Gasteiger partial charge in [-0.05, 0) is 20.3 Å². The van der Waals surface area contributed by atoms with Crippen molar-refractivity contribution in [2.45, 2.75) is 117 Å². The molecule has 0 aromatic carbocycles. The van der Waals surface area contributed by atoms with Gasteiger partial charge in [-0.3, -0.25) is 0 Å². The summed E-state index contributed by atoms with van der Waals surface area (Å²) >= 11 is 0. The van der Waals surface area contributed by atoms with E-state index in [1.54, 1.807) is 0 Å². The Hall–Kier alpha value is -0.900. The van der Waals surface area contributed by atoms with Gasteiger partial charge in [-0.1, -0.05) is 47.6 Å². The molecule has 0 aromatic heterocycles. The third-order valence-electron chi connectivity index (χ3n) is 6.52. The highest BCUT2D eigenvalue weighted by molar-refractivity contribution is 4.95. The molecular weight excluding hydrogens is 514 g/mol. The Labute approximate surface area is 234 Å². The van der Waals surface area contributed by atoms with Crippen molar-refractivity contribution in [2.24, 2.45) is 5.92 Å². The average molecular weight is 572 g/mol. The SMILES string of the molecule is C/C=C(/C)N(CCO[C@H]1OC(CC)[C@@H](C)C(O)C1O)CCO[C@H]1OC(CO)[C@@H](O)C(O)C1O.CC.CC.CO. The molecule has 2 saturated heterocycles. The van der Waals surface area contributed by atoms with Gasteiger partial charge >= 0.3 is 0 Å². The molecule has 236 valence electrons. The van der Waals surface area contributed by atoms with E-state index < -0.39 is 55.8 Å². The lowest BCUT2D eigenvalue weighted by Gasteiger charge is -2.41. The molecule has 6 unspecified atom stereocenters. The second-order valence-electron chi connectivity index (χ2n) is 8.65. The first-order valence-electron chi connectivity index (χ1n) is 14.0. The van der Waals surface area contributed by atoms with E-state index in [9.17, 15) is 30.6 Å². The van der Waals surface area contributed by atoms with Crippen molar-refractivity contribution in [1.29, 1.82) is 0 Å². The molecule has 0 bridgehead atoms. The first kappa shape index (κ1) is 40.2. The van der Waals surface area contributed by atoms with Gasteiger partial charge in [0.2, 0.25) is 0 Å². The van der Waals surface area contributed by atoms with Gasteiger partial charge in [0.05, 0.1) is 32.0 Å². The maximum Gasteiger partial charge on any atom is 0.186 e. The minimum absolute atomic E-state index is 0.130. The summed E-state index contributed by atoms with van der Waals surface area (Å²) in [5.41, 5.74) is 0.946. The number of ether oxygens (including phenoxy) is 4. The molecule has 12 nitrogen and oxygen atoms in total. The number of rotatable bonds is 11. The van der Waals surface area contributed by atoms with Crippen LogP contribution in [0.5, 0.6) is 0 Å². The van der Waals surface area contributed by atoms with Crippen LogP contribution in [0.4, 0.5) is 0 Å². The lowest BCUT2D eigenvalue weighted by atomic mass is 9.89. The Kier molecular flexibility index (Phi) is 23.5. The predicted molar refractivity (Wildman–Crippen MR) is 148 cm³/mol. The first-order chi connectivity index (χ1) is 18.7. The molecule has 39 heavy (non-hydrogen) atoms. The molecule has 0 radical (unpaired) electrons. The van der Waals surface area contributed by atoms with Gasteiger partial charge in [-0.2, -0.15) is 0 Å². The van der Waals surface area contributed by atoms with E-state index in [0.717, 1.165) is 12.8 Å². The van der Waals surface area contributed by atoms with Crippen LogP contribution in [0.3, 0.4) is 0 Å². The standard InChI is InChI=1S/C22H41NO10.2C2H6.CH4O/c1-5-12(3)23(7-9-30-21-19(28)16(25)13(4)14(6-2)32-21)8-10-31-22-20(29)18(27)17(26)15(11-24)33-22;3*1-2/h5,13-22,24-29H,6-11H2,1-4H3;2*1-2H3;2H,1H3/b12-5-;;;/t13-,14?,15?,16?,17-,18?,19?,20?,21+,22+;;;/m1.../s1. The Balaban J connectivity index is 0. The van der Waals surface area contributed by atoms with Gasteiger partial charge in [0.1, 0.15) is 30.5 Å². The predicted octanol–water partition coefficient (Wildman–Crippen LogP) is 0.199. The molecule has 2 heterocycles. The molecule has 12 heteroatoms. The quantitative estimate of drug-likeness (QED) is 0.179. The molecule has 2 fully saturated rings. The van der Waals surface area contributed by atoms with Gasteiger partial charge in [0, 0.05) is 31.8 Å². The number of hydrogen-bond acceptors (Lipinski definition) is 12. The highest BCUT2D eigenvalue weighted by Gasteiger charge is 2.44. The van der Waals surface area contributed by atoms with Crippen molar-refractivity contribution in [3.63, 3.8) is 0 Å². The zero-order valence-electron chi connectivity index (χ0n) is 25.3. The van der Waals surface area contributed by atoms with Crippen molar-refractivity contribution < 1.29 is 54.7 Å². The van der Waals surface area contributed by atoms with Gasteiger partial charge in [-0.15, -0.1) is 0 Å². The maximum absolute atomic E-state index is 10.3. The first-order valence-corrected chi connectivity index (χ1v) is 14.0. The lowest BCUT2D eigenvalue weighted by molar-refractivity contribution is -0.301. The van der Waals surface area contributed by atoms with Crippen molar-refractivity contribution in [3.8, 4) is 0 Å². The molecule has 7 N–H and O–H groups in total. The molecular formula is C27H57NO11. The van der Waals surface area contributed by atoms with E-state index in [4.69, 9.17) is 24.1 Å². The van der Waals surface area contributed by atoms with E-state index in [-0.39, 0.29) is 25.2 Å². The number of allylic oxidation sites excluding steroid dienone is 2. The van der Waals surface area contributed by atoms with Crippen LogP contribution in [0.2, 0.25) is 0 Å².